The Morgan fingerprint density at radius 2 is 1.75 bits per heavy atom. The monoisotopic (exact) mass is 708 g/mol. The number of ketones is 2. The van der Waals surface area contributed by atoms with Crippen LogP contribution in [0.4, 0.5) is 9.59 Å². The van der Waals surface area contributed by atoms with Crippen LogP contribution in [0.3, 0.4) is 0 Å². The zero-order chi connectivity index (χ0) is 37.1. The topological polar surface area (TPSA) is 164 Å². The number of carbonyl (C=O) groups excluding carboxylic acids is 5. The quantitative estimate of drug-likeness (QED) is 0.156. The molecule has 14 nitrogen and oxygen atoms in total. The number of methoxy groups -OCH3 is 1. The van der Waals surface area contributed by atoms with Crippen molar-refractivity contribution in [3.05, 3.63) is 109 Å². The molecule has 2 aromatic heterocycles. The highest BCUT2D eigenvalue weighted by molar-refractivity contribution is 6.24. The minimum Gasteiger partial charge on any atom is -0.493 e. The number of esters is 1. The number of benzene rings is 1. The summed E-state index contributed by atoms with van der Waals surface area (Å²) in [4.78, 5) is 86.4. The first kappa shape index (κ1) is 34.4. The number of nitrogens with zero attached hydrogens (tertiary/aromatic N) is 4. The molecule has 0 saturated heterocycles. The maximum absolute atomic E-state index is 13.9. The van der Waals surface area contributed by atoms with Crippen molar-refractivity contribution in [3.63, 3.8) is 0 Å². The number of amides is 2. The molecule has 0 spiro atoms. The van der Waals surface area contributed by atoms with E-state index in [2.05, 4.69) is 0 Å². The van der Waals surface area contributed by atoms with Gasteiger partial charge in [0.25, 0.3) is 5.56 Å². The van der Waals surface area contributed by atoms with Gasteiger partial charge in [-0.1, -0.05) is 25.1 Å². The van der Waals surface area contributed by atoms with Crippen LogP contribution in [0.25, 0.3) is 10.9 Å². The summed E-state index contributed by atoms with van der Waals surface area (Å²) in [5.74, 6) is -1.52. The zero-order valence-electron chi connectivity index (χ0n) is 29.4. The fourth-order valence-corrected chi connectivity index (χ4v) is 7.10. The summed E-state index contributed by atoms with van der Waals surface area (Å²) in [6.45, 7) is 3.32. The van der Waals surface area contributed by atoms with Crippen LogP contribution in [0.1, 0.15) is 54.8 Å². The van der Waals surface area contributed by atoms with Crippen molar-refractivity contribution in [2.45, 2.75) is 51.9 Å². The number of cyclic esters (lactones) is 1. The Morgan fingerprint density at radius 1 is 1.02 bits per heavy atom. The normalized spacial score (nSPS) is 18.9. The molecule has 0 bridgehead atoms. The van der Waals surface area contributed by atoms with Crippen LogP contribution in [0.2, 0.25) is 0 Å². The number of allylic oxidation sites excluding steroid dienone is 5. The molecule has 2 amide bonds. The first-order valence-corrected chi connectivity index (χ1v) is 16.8. The van der Waals surface area contributed by atoms with Gasteiger partial charge in [0, 0.05) is 73.9 Å². The molecule has 3 aromatic rings. The van der Waals surface area contributed by atoms with E-state index in [1.165, 1.54) is 31.0 Å². The summed E-state index contributed by atoms with van der Waals surface area (Å²) >= 11 is 0. The number of Topliss-reactive ketones (excluding diaryl/α,β-unsaturated/α-hetero) is 1. The van der Waals surface area contributed by atoms with Gasteiger partial charge in [-0.05, 0) is 42.7 Å². The Kier molecular flexibility index (Phi) is 8.55. The lowest BCUT2D eigenvalue weighted by Gasteiger charge is -2.37. The Hall–Kier alpha value is -6.05. The molecule has 0 N–H and O–H groups in total. The Morgan fingerprint density at radius 3 is 2.48 bits per heavy atom. The first-order valence-electron chi connectivity index (χ1n) is 16.8. The molecule has 4 heterocycles. The molecule has 0 radical (unpaired) electrons. The largest absolute Gasteiger partial charge is 0.493 e. The van der Waals surface area contributed by atoms with Gasteiger partial charge in [0.2, 0.25) is 11.4 Å². The molecule has 4 aliphatic rings. The standard InChI is InChI=1S/C38H36N4O10/c1-6-38(26-14-23-15-28-22(13-21-9-7-8-10-27(21)39-28)18-42(23)34(45)25(26)19-50-35(38)46)52-37(48)41(4)12-11-40(3)36(47)51-30-16-24-32(20(30)2)29(43)17-31(49-5)33(24)44/h7-10,13-14,17H,6,11-12,15-16,18-19H2,1-5H3/t38-/m0/s1. The molecule has 0 fully saturated rings. The molecule has 2 aliphatic carbocycles. The van der Waals surface area contributed by atoms with Crippen LogP contribution in [-0.4, -0.2) is 83.4 Å². The van der Waals surface area contributed by atoms with Crippen LogP contribution >= 0.6 is 0 Å². The summed E-state index contributed by atoms with van der Waals surface area (Å²) in [5.41, 5.74) is 2.36. The van der Waals surface area contributed by atoms with Crippen molar-refractivity contribution in [1.29, 1.82) is 0 Å². The van der Waals surface area contributed by atoms with E-state index in [0.29, 0.717) is 24.2 Å². The van der Waals surface area contributed by atoms with E-state index in [0.717, 1.165) is 28.2 Å². The van der Waals surface area contributed by atoms with Gasteiger partial charge in [0.1, 0.15) is 12.4 Å². The van der Waals surface area contributed by atoms with Gasteiger partial charge in [0.15, 0.2) is 11.5 Å². The average Bonchev–Trinajstić information content (AvgIpc) is 3.47. The number of para-hydroxylation sites is 1. The van der Waals surface area contributed by atoms with Gasteiger partial charge in [0.05, 0.1) is 30.4 Å². The summed E-state index contributed by atoms with van der Waals surface area (Å²) in [6, 6.07) is 11.5. The van der Waals surface area contributed by atoms with E-state index in [4.69, 9.17) is 23.9 Å². The van der Waals surface area contributed by atoms with Crippen LogP contribution < -0.4 is 5.56 Å². The third-order valence-corrected chi connectivity index (χ3v) is 10.2. The summed E-state index contributed by atoms with van der Waals surface area (Å²) in [7, 11) is 4.22. The first-order chi connectivity index (χ1) is 24.9. The number of hydrogen-bond acceptors (Lipinski definition) is 11. The third-order valence-electron chi connectivity index (χ3n) is 10.2. The number of fused-ring (bicyclic) bond motifs is 4. The Labute approximate surface area is 297 Å². The molecule has 14 heteroatoms. The summed E-state index contributed by atoms with van der Waals surface area (Å²) in [5, 5.41) is 0.972. The molecule has 268 valence electrons. The van der Waals surface area contributed by atoms with E-state index in [1.807, 2.05) is 30.3 Å². The van der Waals surface area contributed by atoms with Crippen molar-refractivity contribution in [2.24, 2.45) is 0 Å². The van der Waals surface area contributed by atoms with Crippen LogP contribution in [0.15, 0.2) is 75.5 Å². The van der Waals surface area contributed by atoms with E-state index >= 15 is 0 Å². The summed E-state index contributed by atoms with van der Waals surface area (Å²) < 4.78 is 23.6. The highest BCUT2D eigenvalue weighted by Crippen LogP contribution is 2.40. The van der Waals surface area contributed by atoms with Gasteiger partial charge in [-0.15, -0.1) is 0 Å². The minimum absolute atomic E-state index is 0.00584. The predicted molar refractivity (Wildman–Crippen MR) is 184 cm³/mol. The molecule has 7 rings (SSSR count). The van der Waals surface area contributed by atoms with Gasteiger partial charge < -0.3 is 33.3 Å². The van der Waals surface area contributed by atoms with E-state index in [-0.39, 0.29) is 71.9 Å². The van der Waals surface area contributed by atoms with E-state index in [9.17, 15) is 28.8 Å². The maximum Gasteiger partial charge on any atom is 0.414 e. The second kappa shape index (κ2) is 12.9. The number of pyridine rings is 2. The van der Waals surface area contributed by atoms with Gasteiger partial charge >= 0.3 is 18.2 Å². The molecule has 2 aliphatic heterocycles. The van der Waals surface area contributed by atoms with E-state index < -0.39 is 35.3 Å². The number of carbonyl (C=O) groups is 5. The molecular weight excluding hydrogens is 672 g/mol. The van der Waals surface area contributed by atoms with Crippen molar-refractivity contribution in [3.8, 4) is 0 Å². The molecule has 0 saturated carbocycles. The third kappa shape index (κ3) is 5.54. The number of ether oxygens (including phenoxy) is 4. The predicted octanol–water partition coefficient (Wildman–Crippen LogP) is 3.80. The number of rotatable bonds is 7. The second-order valence-electron chi connectivity index (χ2n) is 13.2. The van der Waals surface area contributed by atoms with Crippen molar-refractivity contribution >= 4 is 40.6 Å². The fraction of sp³-hybridized carbons (Fsp3) is 0.342. The van der Waals surface area contributed by atoms with Gasteiger partial charge in [-0.25, -0.2) is 14.4 Å². The minimum atomic E-state index is -1.87. The molecule has 52 heavy (non-hydrogen) atoms. The van der Waals surface area contributed by atoms with Crippen LogP contribution in [0.5, 0.6) is 0 Å². The molecule has 1 aromatic carbocycles. The lowest BCUT2D eigenvalue weighted by molar-refractivity contribution is -0.173. The van der Waals surface area contributed by atoms with Crippen LogP contribution in [0, 0.1) is 0 Å². The maximum atomic E-state index is 13.9. The smallest absolute Gasteiger partial charge is 0.414 e. The lowest BCUT2D eigenvalue weighted by Crippen LogP contribution is -2.50. The summed E-state index contributed by atoms with van der Waals surface area (Å²) in [6.07, 6.45) is -0.196. The fourth-order valence-electron chi connectivity index (χ4n) is 7.10. The number of hydrogen-bond donors (Lipinski definition) is 0. The van der Waals surface area contributed by atoms with Gasteiger partial charge in [-0.2, -0.15) is 0 Å². The second-order valence-corrected chi connectivity index (χ2v) is 13.2. The Balaban J connectivity index is 1.04. The number of likely N-dealkylation sites (N-methyl/N-ethyl adjacent to an activating group) is 2. The highest BCUT2D eigenvalue weighted by Gasteiger charge is 2.50. The SMILES string of the molecule is CC[C@@]1(OC(=O)N(C)CCN(C)C(=O)OC2=C(C)C3=C(C2)C(=O)C(OC)=CC3=O)C(=O)OCc2c1cc1n(c2=O)Cc2cc3ccccc3nc2C1. The van der Waals surface area contributed by atoms with Crippen molar-refractivity contribution < 1.29 is 42.9 Å². The van der Waals surface area contributed by atoms with Crippen LogP contribution in [-0.2, 0) is 58.5 Å². The lowest BCUT2D eigenvalue weighted by atomic mass is 9.84. The molecular formula is C38H36N4O10. The van der Waals surface area contributed by atoms with E-state index in [1.54, 1.807) is 24.5 Å². The number of aromatic nitrogens is 2. The highest BCUT2D eigenvalue weighted by atomic mass is 16.6. The molecule has 0 unspecified atom stereocenters. The zero-order valence-corrected chi connectivity index (χ0v) is 29.4. The van der Waals surface area contributed by atoms with Gasteiger partial charge in [-0.3, -0.25) is 19.4 Å². The van der Waals surface area contributed by atoms with Crippen molar-refractivity contribution in [1.82, 2.24) is 19.4 Å². The Bertz CT molecular complexity index is 2280. The molecule has 1 atom stereocenters. The average molecular weight is 709 g/mol. The van der Waals surface area contributed by atoms with Crippen molar-refractivity contribution in [2.75, 3.05) is 34.3 Å².